The van der Waals surface area contributed by atoms with Gasteiger partial charge in [-0.3, -0.25) is 9.69 Å². The maximum Gasteiger partial charge on any atom is 0.350 e. The molecule has 0 spiro atoms. The number of benzene rings is 1. The van der Waals surface area contributed by atoms with Gasteiger partial charge in [-0.2, -0.15) is 0 Å². The van der Waals surface area contributed by atoms with Crippen molar-refractivity contribution in [3.05, 3.63) is 58.4 Å². The number of nitrogens with zero attached hydrogens (tertiary/aromatic N) is 5. The van der Waals surface area contributed by atoms with E-state index in [2.05, 4.69) is 22.2 Å². The van der Waals surface area contributed by atoms with Crippen LogP contribution in [0.2, 0.25) is 0 Å². The van der Waals surface area contributed by atoms with Gasteiger partial charge in [0.2, 0.25) is 0 Å². The van der Waals surface area contributed by atoms with E-state index in [1.807, 2.05) is 30.3 Å². The van der Waals surface area contributed by atoms with Crippen LogP contribution in [-0.2, 0) is 11.3 Å². The van der Waals surface area contributed by atoms with Crippen LogP contribution in [0.5, 0.6) is 0 Å². The van der Waals surface area contributed by atoms with E-state index in [0.717, 1.165) is 24.8 Å². The van der Waals surface area contributed by atoms with E-state index in [4.69, 9.17) is 4.74 Å². The number of carbonyl (C=O) groups excluding carboxylic acids is 2. The smallest absolute Gasteiger partial charge is 0.350 e. The summed E-state index contributed by atoms with van der Waals surface area (Å²) in [4.78, 5) is 32.0. The van der Waals surface area contributed by atoms with Crippen LogP contribution in [0.4, 0.5) is 5.13 Å². The fourth-order valence-corrected chi connectivity index (χ4v) is 4.06. The number of thiazole rings is 1. The van der Waals surface area contributed by atoms with Crippen molar-refractivity contribution in [2.24, 2.45) is 0 Å². The lowest BCUT2D eigenvalue weighted by atomic mass is 10.2. The van der Waals surface area contributed by atoms with Crippen LogP contribution in [0, 0.1) is 6.92 Å². The highest BCUT2D eigenvalue weighted by atomic mass is 32.1. The number of amides is 1. The molecule has 31 heavy (non-hydrogen) atoms. The Balaban J connectivity index is 1.83. The van der Waals surface area contributed by atoms with Crippen LogP contribution in [-0.4, -0.2) is 45.0 Å². The number of rotatable bonds is 10. The molecule has 0 atom stereocenters. The van der Waals surface area contributed by atoms with Crippen molar-refractivity contribution in [3.63, 3.8) is 0 Å². The van der Waals surface area contributed by atoms with E-state index in [0.29, 0.717) is 28.8 Å². The van der Waals surface area contributed by atoms with Gasteiger partial charge in [0.1, 0.15) is 4.88 Å². The Morgan fingerprint density at radius 1 is 1.16 bits per heavy atom. The molecule has 0 aliphatic heterocycles. The van der Waals surface area contributed by atoms with Crippen molar-refractivity contribution in [1.29, 1.82) is 0 Å². The van der Waals surface area contributed by atoms with E-state index >= 15 is 0 Å². The number of hydrogen-bond donors (Lipinski definition) is 0. The largest absolute Gasteiger partial charge is 0.462 e. The zero-order valence-electron chi connectivity index (χ0n) is 18.1. The summed E-state index contributed by atoms with van der Waals surface area (Å²) in [5.41, 5.74) is 1.87. The molecule has 0 N–H and O–H groups in total. The van der Waals surface area contributed by atoms with Crippen molar-refractivity contribution >= 4 is 28.3 Å². The van der Waals surface area contributed by atoms with E-state index in [1.54, 1.807) is 29.6 Å². The maximum atomic E-state index is 13.3. The van der Waals surface area contributed by atoms with Crippen LogP contribution < -0.4 is 4.90 Å². The van der Waals surface area contributed by atoms with Gasteiger partial charge < -0.3 is 4.74 Å². The summed E-state index contributed by atoms with van der Waals surface area (Å²) in [6, 6.07) is 9.86. The average molecular weight is 442 g/mol. The second-order valence-corrected chi connectivity index (χ2v) is 8.06. The lowest BCUT2D eigenvalue weighted by Gasteiger charge is -2.18. The summed E-state index contributed by atoms with van der Waals surface area (Å²) in [6.07, 6.45) is 4.49. The predicted octanol–water partition coefficient (Wildman–Crippen LogP) is 4.11. The molecule has 0 unspecified atom stereocenters. The number of anilines is 1. The van der Waals surface area contributed by atoms with Crippen LogP contribution >= 0.6 is 11.3 Å². The first-order chi connectivity index (χ1) is 15.0. The maximum absolute atomic E-state index is 13.3. The zero-order valence-corrected chi connectivity index (χ0v) is 18.9. The molecule has 164 valence electrons. The molecule has 0 saturated heterocycles. The van der Waals surface area contributed by atoms with Gasteiger partial charge in [0.25, 0.3) is 5.91 Å². The number of unbranched alkanes of at least 4 members (excludes halogenated alkanes) is 2. The number of carbonyl (C=O) groups is 2. The van der Waals surface area contributed by atoms with Gasteiger partial charge in [-0.25, -0.2) is 14.5 Å². The fraction of sp³-hybridized carbons (Fsp3) is 0.409. The molecule has 1 aromatic carbocycles. The highest BCUT2D eigenvalue weighted by Crippen LogP contribution is 2.28. The summed E-state index contributed by atoms with van der Waals surface area (Å²) >= 11 is 1.17. The molecule has 0 aliphatic carbocycles. The van der Waals surface area contributed by atoms with Gasteiger partial charge in [0.15, 0.2) is 10.8 Å². The standard InChI is InChI=1S/C22H27N5O3S/c1-4-6-10-13-27(22-23-16(3)19(31-22)21(29)30-5-2)20(28)18-15-26(25-24-18)14-17-11-8-7-9-12-17/h7-9,11-12,15H,4-6,10,13-14H2,1-3H3. The molecule has 2 aromatic heterocycles. The van der Waals surface area contributed by atoms with Gasteiger partial charge in [-0.05, 0) is 25.8 Å². The Morgan fingerprint density at radius 3 is 2.65 bits per heavy atom. The van der Waals surface area contributed by atoms with Crippen LogP contribution in [0.1, 0.15) is 64.5 Å². The minimum Gasteiger partial charge on any atom is -0.462 e. The molecule has 0 bridgehead atoms. The molecule has 8 nitrogen and oxygen atoms in total. The van der Waals surface area contributed by atoms with Crippen LogP contribution in [0.3, 0.4) is 0 Å². The van der Waals surface area contributed by atoms with Crippen molar-refractivity contribution < 1.29 is 14.3 Å². The Kier molecular flexibility index (Phi) is 7.88. The Labute approximate surface area is 185 Å². The van der Waals surface area contributed by atoms with Crippen molar-refractivity contribution in [2.45, 2.75) is 46.6 Å². The molecule has 9 heteroatoms. The molecule has 0 radical (unpaired) electrons. The third kappa shape index (κ3) is 5.75. The Morgan fingerprint density at radius 2 is 1.94 bits per heavy atom. The third-order valence-corrected chi connectivity index (χ3v) is 5.81. The second kappa shape index (κ2) is 10.8. The first-order valence-corrected chi connectivity index (χ1v) is 11.3. The number of hydrogen-bond acceptors (Lipinski definition) is 7. The zero-order chi connectivity index (χ0) is 22.2. The first-order valence-electron chi connectivity index (χ1n) is 10.4. The molecule has 2 heterocycles. The SMILES string of the molecule is CCCCCN(C(=O)c1cn(Cc2ccccc2)nn1)c1nc(C)c(C(=O)OCC)s1. The summed E-state index contributed by atoms with van der Waals surface area (Å²) in [7, 11) is 0. The van der Waals surface area contributed by atoms with Gasteiger partial charge in [0.05, 0.1) is 25.0 Å². The van der Waals surface area contributed by atoms with Crippen molar-refractivity contribution in [2.75, 3.05) is 18.1 Å². The quantitative estimate of drug-likeness (QED) is 0.347. The summed E-state index contributed by atoms with van der Waals surface area (Å²) in [6.45, 7) is 6.92. The van der Waals surface area contributed by atoms with Crippen LogP contribution in [0.15, 0.2) is 36.5 Å². The van der Waals surface area contributed by atoms with Gasteiger partial charge in [-0.1, -0.05) is 66.6 Å². The molecular weight excluding hydrogens is 414 g/mol. The summed E-state index contributed by atoms with van der Waals surface area (Å²) in [5.74, 6) is -0.696. The summed E-state index contributed by atoms with van der Waals surface area (Å²) in [5, 5.41) is 8.67. The molecular formula is C22H27N5O3S. The monoisotopic (exact) mass is 441 g/mol. The van der Waals surface area contributed by atoms with E-state index < -0.39 is 5.97 Å². The molecule has 3 rings (SSSR count). The topological polar surface area (TPSA) is 90.2 Å². The van der Waals surface area contributed by atoms with Gasteiger partial charge >= 0.3 is 5.97 Å². The van der Waals surface area contributed by atoms with Crippen molar-refractivity contribution in [3.8, 4) is 0 Å². The van der Waals surface area contributed by atoms with E-state index in [1.165, 1.54) is 11.3 Å². The minimum absolute atomic E-state index is 0.248. The third-order valence-electron chi connectivity index (χ3n) is 4.65. The number of aromatic nitrogens is 4. The molecule has 0 fully saturated rings. The average Bonchev–Trinajstić information content (AvgIpc) is 3.38. The minimum atomic E-state index is -0.418. The predicted molar refractivity (Wildman–Crippen MR) is 120 cm³/mol. The van der Waals surface area contributed by atoms with Crippen molar-refractivity contribution in [1.82, 2.24) is 20.0 Å². The normalized spacial score (nSPS) is 10.8. The second-order valence-electron chi connectivity index (χ2n) is 7.08. The molecule has 0 saturated carbocycles. The van der Waals surface area contributed by atoms with E-state index in [-0.39, 0.29) is 18.2 Å². The molecule has 0 aliphatic rings. The Hall–Kier alpha value is -3.07. The lowest BCUT2D eigenvalue weighted by Crippen LogP contribution is -2.32. The number of esters is 1. The fourth-order valence-electron chi connectivity index (χ4n) is 3.07. The number of ether oxygens (including phenoxy) is 1. The van der Waals surface area contributed by atoms with Gasteiger partial charge in [0, 0.05) is 6.54 Å². The molecule has 1 amide bonds. The van der Waals surface area contributed by atoms with Crippen LogP contribution in [0.25, 0.3) is 0 Å². The lowest BCUT2D eigenvalue weighted by molar-refractivity contribution is 0.0531. The van der Waals surface area contributed by atoms with Gasteiger partial charge in [-0.15, -0.1) is 5.10 Å². The summed E-state index contributed by atoms with van der Waals surface area (Å²) < 4.78 is 6.75. The highest BCUT2D eigenvalue weighted by Gasteiger charge is 2.26. The highest BCUT2D eigenvalue weighted by molar-refractivity contribution is 7.17. The number of aryl methyl sites for hydroxylation is 1. The Bertz CT molecular complexity index is 1020. The first kappa shape index (κ1) is 22.6. The molecule has 3 aromatic rings. The van der Waals surface area contributed by atoms with E-state index in [9.17, 15) is 9.59 Å².